The Hall–Kier alpha value is -3.54. The van der Waals surface area contributed by atoms with Gasteiger partial charge in [0, 0.05) is 6.54 Å². The number of benzene rings is 1. The van der Waals surface area contributed by atoms with Crippen molar-refractivity contribution in [3.63, 3.8) is 0 Å². The number of aliphatic hydroxyl groups is 1. The number of fused-ring (bicyclic) bond motifs is 1. The predicted molar refractivity (Wildman–Crippen MR) is 148 cm³/mol. The monoisotopic (exact) mass is 567 g/mol. The minimum Gasteiger partial charge on any atom is -0.480 e. The average Bonchev–Trinajstić information content (AvgIpc) is 3.55. The van der Waals surface area contributed by atoms with Crippen LogP contribution in [0.3, 0.4) is 0 Å². The molecule has 212 valence electrons. The number of hydrogen-bond acceptors (Lipinski definition) is 9. The summed E-state index contributed by atoms with van der Waals surface area (Å²) in [6, 6.07) is 9.69. The van der Waals surface area contributed by atoms with Crippen molar-refractivity contribution in [3.05, 3.63) is 59.5 Å². The fraction of sp³-hybridized carbons (Fsp3) is 0.448. The van der Waals surface area contributed by atoms with Crippen molar-refractivity contribution < 1.29 is 33.8 Å². The molecular weight excluding hydrogens is 534 g/mol. The standard InChI is InChI=1S/C29H33N3O7S/c1-17-23-26(35)32(29(2,3)28(36)37)22(34)16-31(27(23)40-24(17)25-30-13-14-38-25)15-21(18-7-5-4-6-8-18)39-20-11-9-19(33)10-12-20/h4-8,13-14,19-21,33H,9-12,15-16H2,1-3H3,(H,36,37)/t19-,20-,21-/m0/s1. The highest BCUT2D eigenvalue weighted by Gasteiger charge is 2.47. The van der Waals surface area contributed by atoms with Crippen molar-refractivity contribution in [1.29, 1.82) is 0 Å². The summed E-state index contributed by atoms with van der Waals surface area (Å²) in [6.07, 6.45) is 4.91. The first-order valence-corrected chi connectivity index (χ1v) is 14.2. The number of nitrogens with zero attached hydrogens (tertiary/aromatic N) is 3. The lowest BCUT2D eigenvalue weighted by Crippen LogP contribution is -2.57. The van der Waals surface area contributed by atoms with Gasteiger partial charge in [-0.3, -0.25) is 14.5 Å². The number of carboxylic acid groups (broad SMARTS) is 1. The fourth-order valence-corrected chi connectivity index (χ4v) is 6.61. The average molecular weight is 568 g/mol. The van der Waals surface area contributed by atoms with Crippen LogP contribution in [0.15, 0.2) is 47.2 Å². The largest absolute Gasteiger partial charge is 0.480 e. The second-order valence-electron chi connectivity index (χ2n) is 10.8. The maximum absolute atomic E-state index is 14.0. The normalized spacial score (nSPS) is 20.8. The number of ether oxygens (including phenoxy) is 1. The van der Waals surface area contributed by atoms with Crippen molar-refractivity contribution in [2.24, 2.45) is 0 Å². The fourth-order valence-electron chi connectivity index (χ4n) is 5.36. The molecule has 1 aromatic carbocycles. The van der Waals surface area contributed by atoms with Crippen LogP contribution >= 0.6 is 11.3 Å². The molecule has 0 radical (unpaired) electrons. The van der Waals surface area contributed by atoms with E-state index in [0.29, 0.717) is 34.2 Å². The Labute approximate surface area is 236 Å². The number of hydrogen-bond donors (Lipinski definition) is 2. The summed E-state index contributed by atoms with van der Waals surface area (Å²) in [5.41, 5.74) is -0.0261. The molecule has 11 heteroatoms. The highest BCUT2D eigenvalue weighted by atomic mass is 32.1. The van der Waals surface area contributed by atoms with Gasteiger partial charge in [0.2, 0.25) is 11.8 Å². The van der Waals surface area contributed by atoms with Gasteiger partial charge in [-0.05, 0) is 57.6 Å². The van der Waals surface area contributed by atoms with E-state index >= 15 is 0 Å². The number of oxazole rings is 1. The summed E-state index contributed by atoms with van der Waals surface area (Å²) in [4.78, 5) is 47.3. The number of carbonyl (C=O) groups excluding carboxylic acids is 2. The van der Waals surface area contributed by atoms with E-state index in [2.05, 4.69) is 4.98 Å². The van der Waals surface area contributed by atoms with Crippen LogP contribution in [0.1, 0.15) is 67.1 Å². The molecule has 3 heterocycles. The zero-order chi connectivity index (χ0) is 28.6. The molecule has 3 aromatic rings. The third kappa shape index (κ3) is 5.28. The Morgan fingerprint density at radius 1 is 1.20 bits per heavy atom. The highest BCUT2D eigenvalue weighted by molar-refractivity contribution is 7.20. The number of rotatable bonds is 8. The quantitative estimate of drug-likeness (QED) is 0.379. The van der Waals surface area contributed by atoms with Crippen LogP contribution in [-0.2, 0) is 14.3 Å². The number of aromatic nitrogens is 1. The second kappa shape index (κ2) is 11.1. The molecule has 2 N–H and O–H groups in total. The van der Waals surface area contributed by atoms with Crippen LogP contribution < -0.4 is 4.90 Å². The molecule has 2 aliphatic rings. The minimum atomic E-state index is -1.77. The number of aliphatic carboxylic acids is 1. The van der Waals surface area contributed by atoms with Crippen molar-refractivity contribution in [2.45, 2.75) is 70.3 Å². The molecule has 40 heavy (non-hydrogen) atoms. The van der Waals surface area contributed by atoms with Gasteiger partial charge in [-0.2, -0.15) is 0 Å². The minimum absolute atomic E-state index is 0.0622. The second-order valence-corrected chi connectivity index (χ2v) is 11.8. The molecule has 0 bridgehead atoms. The smallest absolute Gasteiger partial charge is 0.329 e. The molecule has 0 unspecified atom stereocenters. The number of thiophene rings is 1. The summed E-state index contributed by atoms with van der Waals surface area (Å²) in [5, 5.41) is 20.5. The summed E-state index contributed by atoms with van der Waals surface area (Å²) in [7, 11) is 0. The van der Waals surface area contributed by atoms with Gasteiger partial charge in [0.05, 0.1) is 35.4 Å². The third-order valence-electron chi connectivity index (χ3n) is 7.67. The van der Waals surface area contributed by atoms with Gasteiger partial charge >= 0.3 is 5.97 Å². The van der Waals surface area contributed by atoms with E-state index in [4.69, 9.17) is 9.15 Å². The first kappa shape index (κ1) is 28.0. The summed E-state index contributed by atoms with van der Waals surface area (Å²) >= 11 is 1.29. The van der Waals surface area contributed by atoms with E-state index in [1.807, 2.05) is 35.2 Å². The lowest BCUT2D eigenvalue weighted by Gasteiger charge is -2.34. The maximum atomic E-state index is 14.0. The molecule has 2 amide bonds. The third-order valence-corrected chi connectivity index (χ3v) is 9.02. The molecule has 5 rings (SSSR count). The molecular formula is C29H33N3O7S. The summed E-state index contributed by atoms with van der Waals surface area (Å²) < 4.78 is 12.1. The maximum Gasteiger partial charge on any atom is 0.329 e. The number of amides is 2. The van der Waals surface area contributed by atoms with Gasteiger partial charge in [-0.1, -0.05) is 30.3 Å². The van der Waals surface area contributed by atoms with Crippen LogP contribution in [0.5, 0.6) is 0 Å². The van der Waals surface area contributed by atoms with E-state index in [-0.39, 0.29) is 30.9 Å². The van der Waals surface area contributed by atoms with E-state index in [9.17, 15) is 24.6 Å². The van der Waals surface area contributed by atoms with Crippen LogP contribution in [0.4, 0.5) is 5.00 Å². The lowest BCUT2D eigenvalue weighted by atomic mass is 9.94. The molecule has 0 saturated heterocycles. The number of imide groups is 1. The van der Waals surface area contributed by atoms with E-state index in [0.717, 1.165) is 23.3 Å². The first-order chi connectivity index (χ1) is 19.1. The van der Waals surface area contributed by atoms with E-state index in [1.165, 1.54) is 37.6 Å². The molecule has 1 aliphatic carbocycles. The number of carbonyl (C=O) groups is 3. The Bertz CT molecular complexity index is 1380. The first-order valence-electron chi connectivity index (χ1n) is 13.3. The van der Waals surface area contributed by atoms with Gasteiger partial charge in [-0.25, -0.2) is 9.78 Å². The molecule has 10 nitrogen and oxygen atoms in total. The molecule has 1 aliphatic heterocycles. The zero-order valence-electron chi connectivity index (χ0n) is 22.7. The molecule has 0 spiro atoms. The highest BCUT2D eigenvalue weighted by Crippen LogP contribution is 2.45. The van der Waals surface area contributed by atoms with Crippen molar-refractivity contribution in [2.75, 3.05) is 18.0 Å². The zero-order valence-corrected chi connectivity index (χ0v) is 23.5. The topological polar surface area (TPSA) is 133 Å². The SMILES string of the molecule is Cc1c(-c2ncco2)sc2c1C(=O)N(C(C)(C)C(=O)O)C(=O)CN2C[C@H](O[C@H]1CC[C@H](O)CC1)c1ccccc1. The van der Waals surface area contributed by atoms with Crippen molar-refractivity contribution >= 4 is 34.1 Å². The van der Waals surface area contributed by atoms with Crippen LogP contribution in [0.25, 0.3) is 10.8 Å². The molecule has 1 saturated carbocycles. The summed E-state index contributed by atoms with van der Waals surface area (Å²) in [5.74, 6) is -2.21. The lowest BCUT2D eigenvalue weighted by molar-refractivity contribution is -0.153. The van der Waals surface area contributed by atoms with Gasteiger partial charge in [0.25, 0.3) is 5.91 Å². The molecule has 1 fully saturated rings. The van der Waals surface area contributed by atoms with E-state index < -0.39 is 29.4 Å². The van der Waals surface area contributed by atoms with Gasteiger partial charge in [0.15, 0.2) is 0 Å². The van der Waals surface area contributed by atoms with Gasteiger partial charge < -0.3 is 24.3 Å². The van der Waals surface area contributed by atoms with Crippen LogP contribution in [0, 0.1) is 6.92 Å². The summed E-state index contributed by atoms with van der Waals surface area (Å²) in [6.45, 7) is 4.50. The number of carboxylic acids is 1. The van der Waals surface area contributed by atoms with Crippen molar-refractivity contribution in [1.82, 2.24) is 9.88 Å². The molecule has 1 atom stereocenters. The molecule has 2 aromatic heterocycles. The van der Waals surface area contributed by atoms with E-state index in [1.54, 1.807) is 6.92 Å². The number of aliphatic hydroxyl groups excluding tert-OH is 1. The Morgan fingerprint density at radius 2 is 1.90 bits per heavy atom. The Balaban J connectivity index is 1.57. The van der Waals surface area contributed by atoms with Crippen LogP contribution in [0.2, 0.25) is 0 Å². The van der Waals surface area contributed by atoms with Crippen LogP contribution in [-0.4, -0.2) is 68.7 Å². The van der Waals surface area contributed by atoms with Gasteiger partial charge in [-0.15, -0.1) is 11.3 Å². The Morgan fingerprint density at radius 3 is 2.52 bits per heavy atom. The van der Waals surface area contributed by atoms with Gasteiger partial charge in [0.1, 0.15) is 22.9 Å². The number of anilines is 1. The van der Waals surface area contributed by atoms with Crippen molar-refractivity contribution in [3.8, 4) is 10.8 Å². The predicted octanol–water partition coefficient (Wildman–Crippen LogP) is 4.42. The Kier molecular flexibility index (Phi) is 7.80.